The van der Waals surface area contributed by atoms with Crippen molar-refractivity contribution >= 4 is 21.6 Å². The molecule has 0 aliphatic heterocycles. The summed E-state index contributed by atoms with van der Waals surface area (Å²) in [7, 11) is -3.57. The second kappa shape index (κ2) is 5.30. The standard InChI is InChI=1S/C10H11ClN2O2S/c1-8-2-4-10(5-3-8)16(14,15)13-7-9(11)6-12/h2-5,9,13H,7H2,1H3/t9-/m0/s1. The van der Waals surface area contributed by atoms with E-state index in [-0.39, 0.29) is 11.4 Å². The highest BCUT2D eigenvalue weighted by Crippen LogP contribution is 2.09. The van der Waals surface area contributed by atoms with Crippen molar-refractivity contribution in [2.45, 2.75) is 17.2 Å². The van der Waals surface area contributed by atoms with Crippen LogP contribution in [-0.4, -0.2) is 20.3 Å². The molecule has 1 aromatic rings. The molecule has 1 atom stereocenters. The van der Waals surface area contributed by atoms with Gasteiger partial charge in [0.15, 0.2) is 0 Å². The second-order valence-corrected chi connectivity index (χ2v) is 5.56. The lowest BCUT2D eigenvalue weighted by Gasteiger charge is -2.06. The predicted molar refractivity (Wildman–Crippen MR) is 61.6 cm³/mol. The van der Waals surface area contributed by atoms with Crippen LogP contribution in [0.1, 0.15) is 5.56 Å². The zero-order chi connectivity index (χ0) is 12.2. The molecule has 16 heavy (non-hydrogen) atoms. The van der Waals surface area contributed by atoms with Gasteiger partial charge in [-0.15, -0.1) is 11.6 Å². The summed E-state index contributed by atoms with van der Waals surface area (Å²) < 4.78 is 25.6. The summed E-state index contributed by atoms with van der Waals surface area (Å²) in [6.45, 7) is 1.77. The van der Waals surface area contributed by atoms with Crippen LogP contribution in [0.2, 0.25) is 0 Å². The molecule has 1 aromatic carbocycles. The highest BCUT2D eigenvalue weighted by atomic mass is 35.5. The van der Waals surface area contributed by atoms with Crippen LogP contribution >= 0.6 is 11.6 Å². The number of sulfonamides is 1. The molecule has 0 spiro atoms. The molecule has 6 heteroatoms. The maximum absolute atomic E-state index is 11.7. The minimum atomic E-state index is -3.57. The summed E-state index contributed by atoms with van der Waals surface area (Å²) in [5, 5.41) is 7.56. The van der Waals surface area contributed by atoms with Crippen LogP contribution in [0.3, 0.4) is 0 Å². The Morgan fingerprint density at radius 3 is 2.50 bits per heavy atom. The van der Waals surface area contributed by atoms with Gasteiger partial charge in [-0.3, -0.25) is 0 Å². The SMILES string of the molecule is Cc1ccc(S(=O)(=O)NC[C@@H](Cl)C#N)cc1. The Bertz CT molecular complexity index is 491. The van der Waals surface area contributed by atoms with Gasteiger partial charge in [-0.1, -0.05) is 17.7 Å². The minimum Gasteiger partial charge on any atom is -0.209 e. The molecule has 1 N–H and O–H groups in total. The summed E-state index contributed by atoms with van der Waals surface area (Å²) in [5.74, 6) is 0. The molecular formula is C10H11ClN2O2S. The lowest BCUT2D eigenvalue weighted by Crippen LogP contribution is -2.29. The van der Waals surface area contributed by atoms with Crippen molar-refractivity contribution < 1.29 is 8.42 Å². The molecule has 0 aromatic heterocycles. The summed E-state index contributed by atoms with van der Waals surface area (Å²) >= 11 is 5.50. The Balaban J connectivity index is 2.79. The minimum absolute atomic E-state index is 0.103. The van der Waals surface area contributed by atoms with Crippen LogP contribution in [-0.2, 0) is 10.0 Å². The van der Waals surface area contributed by atoms with E-state index in [1.54, 1.807) is 18.2 Å². The fourth-order valence-corrected chi connectivity index (χ4v) is 2.25. The van der Waals surface area contributed by atoms with Gasteiger partial charge in [-0.2, -0.15) is 5.26 Å². The number of hydrogen-bond donors (Lipinski definition) is 1. The van der Waals surface area contributed by atoms with E-state index in [1.807, 2.05) is 6.92 Å². The average Bonchev–Trinajstić information content (AvgIpc) is 2.26. The first kappa shape index (κ1) is 13.0. The van der Waals surface area contributed by atoms with E-state index in [0.717, 1.165) is 5.56 Å². The summed E-state index contributed by atoms with van der Waals surface area (Å²) in [6.07, 6.45) is 0. The monoisotopic (exact) mass is 258 g/mol. The van der Waals surface area contributed by atoms with Crippen molar-refractivity contribution in [1.29, 1.82) is 5.26 Å². The molecule has 0 amide bonds. The Labute approximate surface area is 99.9 Å². The normalized spacial score (nSPS) is 13.1. The molecule has 1 rings (SSSR count). The van der Waals surface area contributed by atoms with Crippen LogP contribution in [0.5, 0.6) is 0 Å². The van der Waals surface area contributed by atoms with Crippen molar-refractivity contribution in [3.05, 3.63) is 29.8 Å². The van der Waals surface area contributed by atoms with Crippen molar-refractivity contribution in [3.8, 4) is 6.07 Å². The van der Waals surface area contributed by atoms with Crippen LogP contribution in [0, 0.1) is 18.3 Å². The number of nitrogens with one attached hydrogen (secondary N) is 1. The van der Waals surface area contributed by atoms with Crippen molar-refractivity contribution in [3.63, 3.8) is 0 Å². The van der Waals surface area contributed by atoms with Gasteiger partial charge in [0.2, 0.25) is 10.0 Å². The number of halogens is 1. The smallest absolute Gasteiger partial charge is 0.209 e. The van der Waals surface area contributed by atoms with E-state index in [4.69, 9.17) is 16.9 Å². The molecule has 0 bridgehead atoms. The van der Waals surface area contributed by atoms with Gasteiger partial charge >= 0.3 is 0 Å². The maximum Gasteiger partial charge on any atom is 0.240 e. The maximum atomic E-state index is 11.7. The zero-order valence-corrected chi connectivity index (χ0v) is 10.2. The van der Waals surface area contributed by atoms with Crippen molar-refractivity contribution in [1.82, 2.24) is 4.72 Å². The molecular weight excluding hydrogens is 248 g/mol. The van der Waals surface area contributed by atoms with Crippen LogP contribution in [0.15, 0.2) is 29.2 Å². The Hall–Kier alpha value is -1.09. The molecule has 0 fully saturated rings. The fourth-order valence-electron chi connectivity index (χ4n) is 1.03. The Kier molecular flexibility index (Phi) is 4.30. The molecule has 86 valence electrons. The lowest BCUT2D eigenvalue weighted by molar-refractivity contribution is 0.582. The fraction of sp³-hybridized carbons (Fsp3) is 0.300. The van der Waals surface area contributed by atoms with E-state index in [1.165, 1.54) is 12.1 Å². The van der Waals surface area contributed by atoms with Gasteiger partial charge < -0.3 is 0 Å². The molecule has 0 radical (unpaired) electrons. The summed E-state index contributed by atoms with van der Waals surface area (Å²) in [4.78, 5) is 0.167. The van der Waals surface area contributed by atoms with E-state index in [0.29, 0.717) is 0 Å². The van der Waals surface area contributed by atoms with Gasteiger partial charge in [0.25, 0.3) is 0 Å². The zero-order valence-electron chi connectivity index (χ0n) is 8.64. The predicted octanol–water partition coefficient (Wildman–Crippen LogP) is 1.40. The summed E-state index contributed by atoms with van der Waals surface area (Å²) in [5.41, 5.74) is 0.978. The van der Waals surface area contributed by atoms with E-state index in [2.05, 4.69) is 4.72 Å². The van der Waals surface area contributed by atoms with Gasteiger partial charge in [0, 0.05) is 6.54 Å². The topological polar surface area (TPSA) is 70.0 Å². The molecule has 0 aliphatic carbocycles. The third-order valence-electron chi connectivity index (χ3n) is 1.92. The number of benzene rings is 1. The molecule has 0 saturated carbocycles. The van der Waals surface area contributed by atoms with E-state index >= 15 is 0 Å². The van der Waals surface area contributed by atoms with E-state index < -0.39 is 15.4 Å². The van der Waals surface area contributed by atoms with Gasteiger partial charge in [0.05, 0.1) is 11.0 Å². The Morgan fingerprint density at radius 2 is 2.00 bits per heavy atom. The molecule has 0 unspecified atom stereocenters. The van der Waals surface area contributed by atoms with E-state index in [9.17, 15) is 8.42 Å². The quantitative estimate of drug-likeness (QED) is 0.830. The third kappa shape index (κ3) is 3.49. The number of hydrogen-bond acceptors (Lipinski definition) is 3. The largest absolute Gasteiger partial charge is 0.240 e. The third-order valence-corrected chi connectivity index (χ3v) is 3.62. The van der Waals surface area contributed by atoms with Crippen molar-refractivity contribution in [2.24, 2.45) is 0 Å². The van der Waals surface area contributed by atoms with Crippen LogP contribution < -0.4 is 4.72 Å². The Morgan fingerprint density at radius 1 is 1.44 bits per heavy atom. The highest BCUT2D eigenvalue weighted by molar-refractivity contribution is 7.89. The van der Waals surface area contributed by atoms with Gasteiger partial charge in [-0.25, -0.2) is 13.1 Å². The number of alkyl halides is 1. The molecule has 0 aliphatic rings. The first-order valence-electron chi connectivity index (χ1n) is 4.56. The van der Waals surface area contributed by atoms with Gasteiger partial charge in [0.1, 0.15) is 5.38 Å². The molecule has 0 saturated heterocycles. The number of rotatable bonds is 4. The van der Waals surface area contributed by atoms with Crippen molar-refractivity contribution in [2.75, 3.05) is 6.54 Å². The lowest BCUT2D eigenvalue weighted by atomic mass is 10.2. The first-order valence-corrected chi connectivity index (χ1v) is 6.47. The summed E-state index contributed by atoms with van der Waals surface area (Å²) in [6, 6.07) is 8.16. The van der Waals surface area contributed by atoms with Gasteiger partial charge in [-0.05, 0) is 19.1 Å². The molecule has 4 nitrogen and oxygen atoms in total. The highest BCUT2D eigenvalue weighted by Gasteiger charge is 2.14. The molecule has 0 heterocycles. The first-order chi connectivity index (χ1) is 7.45. The number of aryl methyl sites for hydroxylation is 1. The second-order valence-electron chi connectivity index (χ2n) is 3.26. The average molecular weight is 259 g/mol. The number of nitriles is 1. The number of nitrogens with zero attached hydrogens (tertiary/aromatic N) is 1. The van der Waals surface area contributed by atoms with Crippen LogP contribution in [0.25, 0.3) is 0 Å². The van der Waals surface area contributed by atoms with Crippen LogP contribution in [0.4, 0.5) is 0 Å².